The van der Waals surface area contributed by atoms with Gasteiger partial charge in [0.2, 0.25) is 0 Å². The van der Waals surface area contributed by atoms with Gasteiger partial charge in [0, 0.05) is 6.54 Å². The Morgan fingerprint density at radius 1 is 1.38 bits per heavy atom. The van der Waals surface area contributed by atoms with E-state index in [0.29, 0.717) is 6.54 Å². The SMILES string of the molecule is CCCC(C)OC(=O)C(CN)CC(C)(C)C. The normalized spacial score (nSPS) is 15.6. The molecule has 0 aliphatic carbocycles. The van der Waals surface area contributed by atoms with Gasteiger partial charge in [0.15, 0.2) is 0 Å². The van der Waals surface area contributed by atoms with E-state index in [1.165, 1.54) is 0 Å². The predicted octanol–water partition coefficient (Wildman–Crippen LogP) is 2.73. The summed E-state index contributed by atoms with van der Waals surface area (Å²) in [7, 11) is 0. The molecule has 0 bridgehead atoms. The number of esters is 1. The minimum atomic E-state index is -0.167. The first-order valence-electron chi connectivity index (χ1n) is 6.20. The molecule has 0 aromatic rings. The second-order valence-corrected chi connectivity index (χ2v) is 5.73. The van der Waals surface area contributed by atoms with Gasteiger partial charge in [0.25, 0.3) is 0 Å². The lowest BCUT2D eigenvalue weighted by Crippen LogP contribution is -2.31. The monoisotopic (exact) mass is 229 g/mol. The maximum absolute atomic E-state index is 11.8. The largest absolute Gasteiger partial charge is 0.462 e. The fourth-order valence-electron chi connectivity index (χ4n) is 1.76. The highest BCUT2D eigenvalue weighted by Crippen LogP contribution is 2.25. The summed E-state index contributed by atoms with van der Waals surface area (Å²) in [6.45, 7) is 10.7. The molecule has 2 unspecified atom stereocenters. The molecule has 3 nitrogen and oxygen atoms in total. The Kier molecular flexibility index (Phi) is 6.65. The minimum Gasteiger partial charge on any atom is -0.462 e. The van der Waals surface area contributed by atoms with Gasteiger partial charge in [0.05, 0.1) is 12.0 Å². The molecule has 0 rings (SSSR count). The predicted molar refractivity (Wildman–Crippen MR) is 67.1 cm³/mol. The summed E-state index contributed by atoms with van der Waals surface area (Å²) in [6, 6.07) is 0. The summed E-state index contributed by atoms with van der Waals surface area (Å²) in [5, 5.41) is 0. The summed E-state index contributed by atoms with van der Waals surface area (Å²) in [5.41, 5.74) is 5.74. The molecule has 16 heavy (non-hydrogen) atoms. The third-order valence-corrected chi connectivity index (χ3v) is 2.49. The van der Waals surface area contributed by atoms with Gasteiger partial charge in [0.1, 0.15) is 0 Å². The van der Waals surface area contributed by atoms with Crippen LogP contribution in [0.2, 0.25) is 0 Å². The van der Waals surface area contributed by atoms with E-state index in [2.05, 4.69) is 27.7 Å². The van der Waals surface area contributed by atoms with Crippen molar-refractivity contribution in [2.24, 2.45) is 17.1 Å². The maximum Gasteiger partial charge on any atom is 0.310 e. The lowest BCUT2D eigenvalue weighted by molar-refractivity contribution is -0.154. The van der Waals surface area contributed by atoms with Crippen LogP contribution in [0.1, 0.15) is 53.9 Å². The van der Waals surface area contributed by atoms with Gasteiger partial charge in [-0.3, -0.25) is 4.79 Å². The zero-order chi connectivity index (χ0) is 12.8. The second kappa shape index (κ2) is 6.89. The van der Waals surface area contributed by atoms with Crippen LogP contribution in [0.25, 0.3) is 0 Å². The molecule has 2 atom stereocenters. The van der Waals surface area contributed by atoms with Gasteiger partial charge in [-0.2, -0.15) is 0 Å². The van der Waals surface area contributed by atoms with E-state index in [1.807, 2.05) is 6.92 Å². The molecule has 0 heterocycles. The lowest BCUT2D eigenvalue weighted by Gasteiger charge is -2.25. The second-order valence-electron chi connectivity index (χ2n) is 5.73. The van der Waals surface area contributed by atoms with Crippen LogP contribution < -0.4 is 5.73 Å². The summed E-state index contributed by atoms with van der Waals surface area (Å²) < 4.78 is 5.37. The molecule has 0 amide bonds. The van der Waals surface area contributed by atoms with Crippen molar-refractivity contribution in [3.05, 3.63) is 0 Å². The topological polar surface area (TPSA) is 52.3 Å². The van der Waals surface area contributed by atoms with Crippen molar-refractivity contribution in [1.82, 2.24) is 0 Å². The van der Waals surface area contributed by atoms with Crippen LogP contribution in [-0.2, 0) is 9.53 Å². The first kappa shape index (κ1) is 15.4. The summed E-state index contributed by atoms with van der Waals surface area (Å²) in [5.74, 6) is -0.308. The minimum absolute atomic E-state index is 0.00604. The summed E-state index contributed by atoms with van der Waals surface area (Å²) in [6.07, 6.45) is 2.73. The molecule has 0 radical (unpaired) electrons. The highest BCUT2D eigenvalue weighted by atomic mass is 16.5. The van der Waals surface area contributed by atoms with Crippen LogP contribution in [0.4, 0.5) is 0 Å². The molecule has 0 fully saturated rings. The Hall–Kier alpha value is -0.570. The number of carbonyl (C=O) groups excluding carboxylic acids is 1. The van der Waals surface area contributed by atoms with Crippen LogP contribution >= 0.6 is 0 Å². The molecule has 0 spiro atoms. The molecular weight excluding hydrogens is 202 g/mol. The van der Waals surface area contributed by atoms with Crippen LogP contribution in [0.5, 0.6) is 0 Å². The Balaban J connectivity index is 4.21. The van der Waals surface area contributed by atoms with Crippen molar-refractivity contribution in [1.29, 1.82) is 0 Å². The first-order valence-corrected chi connectivity index (χ1v) is 6.20. The summed E-state index contributed by atoms with van der Waals surface area (Å²) in [4.78, 5) is 11.8. The average molecular weight is 229 g/mol. The number of hydrogen-bond donors (Lipinski definition) is 1. The number of ether oxygens (including phenoxy) is 1. The van der Waals surface area contributed by atoms with Crippen LogP contribution in [-0.4, -0.2) is 18.6 Å². The number of hydrogen-bond acceptors (Lipinski definition) is 3. The van der Waals surface area contributed by atoms with Crippen LogP contribution in [0.3, 0.4) is 0 Å². The van der Waals surface area contributed by atoms with Gasteiger partial charge in [-0.1, -0.05) is 34.1 Å². The van der Waals surface area contributed by atoms with E-state index in [-0.39, 0.29) is 23.4 Å². The van der Waals surface area contributed by atoms with Gasteiger partial charge >= 0.3 is 5.97 Å². The molecular formula is C13H27NO2. The maximum atomic E-state index is 11.8. The number of carbonyl (C=O) groups is 1. The third-order valence-electron chi connectivity index (χ3n) is 2.49. The Morgan fingerprint density at radius 2 is 1.94 bits per heavy atom. The van der Waals surface area contributed by atoms with Crippen molar-refractivity contribution < 1.29 is 9.53 Å². The fraction of sp³-hybridized carbons (Fsp3) is 0.923. The van der Waals surface area contributed by atoms with E-state index in [0.717, 1.165) is 19.3 Å². The van der Waals surface area contributed by atoms with E-state index >= 15 is 0 Å². The van der Waals surface area contributed by atoms with Crippen molar-refractivity contribution in [3.63, 3.8) is 0 Å². The van der Waals surface area contributed by atoms with E-state index < -0.39 is 0 Å². The van der Waals surface area contributed by atoms with E-state index in [1.54, 1.807) is 0 Å². The highest BCUT2D eigenvalue weighted by molar-refractivity contribution is 5.72. The molecule has 0 saturated heterocycles. The third kappa shape index (κ3) is 6.83. The average Bonchev–Trinajstić information content (AvgIpc) is 2.12. The fourth-order valence-corrected chi connectivity index (χ4v) is 1.76. The van der Waals surface area contributed by atoms with Crippen LogP contribution in [0.15, 0.2) is 0 Å². The standard InChI is InChI=1S/C13H27NO2/c1-6-7-10(2)16-12(15)11(9-14)8-13(3,4)5/h10-11H,6-9,14H2,1-5H3. The van der Waals surface area contributed by atoms with Crippen molar-refractivity contribution >= 4 is 5.97 Å². The highest BCUT2D eigenvalue weighted by Gasteiger charge is 2.25. The zero-order valence-corrected chi connectivity index (χ0v) is 11.4. The molecule has 0 saturated carbocycles. The number of rotatable bonds is 6. The van der Waals surface area contributed by atoms with Crippen molar-refractivity contribution in [2.45, 2.75) is 60.0 Å². The molecule has 0 aromatic heterocycles. The van der Waals surface area contributed by atoms with Gasteiger partial charge in [-0.05, 0) is 25.2 Å². The molecule has 0 aliphatic rings. The van der Waals surface area contributed by atoms with E-state index in [9.17, 15) is 4.79 Å². The van der Waals surface area contributed by atoms with Gasteiger partial charge in [-0.15, -0.1) is 0 Å². The number of nitrogens with two attached hydrogens (primary N) is 1. The smallest absolute Gasteiger partial charge is 0.310 e. The van der Waals surface area contributed by atoms with Gasteiger partial charge in [-0.25, -0.2) is 0 Å². The Bertz CT molecular complexity index is 208. The van der Waals surface area contributed by atoms with Gasteiger partial charge < -0.3 is 10.5 Å². The molecule has 3 heteroatoms. The molecule has 2 N–H and O–H groups in total. The zero-order valence-electron chi connectivity index (χ0n) is 11.4. The molecule has 0 aromatic carbocycles. The Morgan fingerprint density at radius 3 is 2.31 bits per heavy atom. The Labute approximate surface area is 99.7 Å². The molecule has 0 aliphatic heterocycles. The van der Waals surface area contributed by atoms with Crippen molar-refractivity contribution in [3.8, 4) is 0 Å². The van der Waals surface area contributed by atoms with Crippen LogP contribution in [0, 0.1) is 11.3 Å². The first-order chi connectivity index (χ1) is 7.30. The molecule has 96 valence electrons. The quantitative estimate of drug-likeness (QED) is 0.712. The summed E-state index contributed by atoms with van der Waals surface area (Å²) >= 11 is 0. The lowest BCUT2D eigenvalue weighted by atomic mass is 9.84. The van der Waals surface area contributed by atoms with Crippen molar-refractivity contribution in [2.75, 3.05) is 6.54 Å². The van der Waals surface area contributed by atoms with E-state index in [4.69, 9.17) is 10.5 Å².